The summed E-state index contributed by atoms with van der Waals surface area (Å²) in [6.07, 6.45) is 4.73. The van der Waals surface area contributed by atoms with Gasteiger partial charge in [0.15, 0.2) is 14.6 Å². The van der Waals surface area contributed by atoms with Crippen molar-refractivity contribution in [3.63, 3.8) is 0 Å². The monoisotopic (exact) mass is 454 g/mol. The summed E-state index contributed by atoms with van der Waals surface area (Å²) in [5, 5.41) is 12.0. The van der Waals surface area contributed by atoms with Crippen LogP contribution in [0.2, 0.25) is 0 Å². The molecule has 1 saturated carbocycles. The normalized spacial score (nSPS) is 19.0. The highest BCUT2D eigenvalue weighted by Gasteiger charge is 2.52. The number of sulfone groups is 1. The van der Waals surface area contributed by atoms with Crippen molar-refractivity contribution in [2.75, 3.05) is 26.4 Å². The van der Waals surface area contributed by atoms with Crippen molar-refractivity contribution in [1.29, 1.82) is 0 Å². The SMILES string of the molecule is O=C(NCCCOc1ccc(S(=O)(=O)C2(C(=O)NO)CCOCC2)cc1)C1CCCC1. The van der Waals surface area contributed by atoms with Crippen LogP contribution in [0.1, 0.15) is 44.9 Å². The Morgan fingerprint density at radius 3 is 2.39 bits per heavy atom. The number of hydrogen-bond donors (Lipinski definition) is 3. The number of rotatable bonds is 9. The topological polar surface area (TPSA) is 131 Å². The molecule has 3 rings (SSSR count). The molecule has 1 aliphatic heterocycles. The third-order valence-electron chi connectivity index (χ3n) is 6.08. The molecule has 1 heterocycles. The molecule has 31 heavy (non-hydrogen) atoms. The highest BCUT2D eigenvalue weighted by molar-refractivity contribution is 7.93. The van der Waals surface area contributed by atoms with Crippen molar-refractivity contribution in [2.24, 2.45) is 5.92 Å². The van der Waals surface area contributed by atoms with Gasteiger partial charge in [-0.2, -0.15) is 0 Å². The van der Waals surface area contributed by atoms with Gasteiger partial charge in [0.05, 0.1) is 11.5 Å². The van der Waals surface area contributed by atoms with E-state index < -0.39 is 20.5 Å². The molecular weight excluding hydrogens is 424 g/mol. The van der Waals surface area contributed by atoms with Crippen LogP contribution in [0.25, 0.3) is 0 Å². The highest BCUT2D eigenvalue weighted by Crippen LogP contribution is 2.35. The van der Waals surface area contributed by atoms with E-state index in [9.17, 15) is 18.0 Å². The number of hydrogen-bond acceptors (Lipinski definition) is 7. The van der Waals surface area contributed by atoms with Crippen LogP contribution >= 0.6 is 0 Å². The number of nitrogens with one attached hydrogen (secondary N) is 2. The predicted molar refractivity (Wildman–Crippen MR) is 111 cm³/mol. The number of carbonyl (C=O) groups excluding carboxylic acids is 2. The van der Waals surface area contributed by atoms with E-state index in [1.54, 1.807) is 0 Å². The van der Waals surface area contributed by atoms with Crippen LogP contribution in [-0.2, 0) is 24.2 Å². The first kappa shape index (κ1) is 23.5. The van der Waals surface area contributed by atoms with Gasteiger partial charge in [0.25, 0.3) is 5.91 Å². The van der Waals surface area contributed by atoms with Crippen LogP contribution in [0.4, 0.5) is 0 Å². The second kappa shape index (κ2) is 10.4. The van der Waals surface area contributed by atoms with Gasteiger partial charge in [-0.3, -0.25) is 14.8 Å². The Balaban J connectivity index is 1.54. The number of amides is 2. The second-order valence-electron chi connectivity index (χ2n) is 8.00. The molecule has 0 aromatic heterocycles. The minimum atomic E-state index is -4.05. The molecule has 1 saturated heterocycles. The summed E-state index contributed by atoms with van der Waals surface area (Å²) in [7, 11) is -4.05. The molecular formula is C21H30N2O7S. The lowest BCUT2D eigenvalue weighted by Gasteiger charge is -2.34. The zero-order valence-electron chi connectivity index (χ0n) is 17.5. The third kappa shape index (κ3) is 5.19. The standard InChI is InChI=1S/C21H30N2O7S/c24-19(16-4-1-2-5-16)22-12-3-13-30-17-6-8-18(9-7-17)31(27,28)21(20(25)23-26)10-14-29-15-11-21/h6-9,16,26H,1-5,10-15H2,(H,22,24)(H,23,25). The molecule has 172 valence electrons. The number of benzene rings is 1. The number of carbonyl (C=O) groups is 2. The van der Waals surface area contributed by atoms with Gasteiger partial charge >= 0.3 is 0 Å². The fraction of sp³-hybridized carbons (Fsp3) is 0.619. The zero-order valence-corrected chi connectivity index (χ0v) is 18.3. The lowest BCUT2D eigenvalue weighted by Crippen LogP contribution is -2.54. The second-order valence-corrected chi connectivity index (χ2v) is 10.3. The highest BCUT2D eigenvalue weighted by atomic mass is 32.2. The summed E-state index contributed by atoms with van der Waals surface area (Å²) in [5.74, 6) is -0.201. The molecule has 0 atom stereocenters. The van der Waals surface area contributed by atoms with Crippen LogP contribution in [0.3, 0.4) is 0 Å². The molecule has 9 nitrogen and oxygen atoms in total. The van der Waals surface area contributed by atoms with Gasteiger partial charge in [-0.1, -0.05) is 12.8 Å². The summed E-state index contributed by atoms with van der Waals surface area (Å²) in [6, 6.07) is 5.87. The summed E-state index contributed by atoms with van der Waals surface area (Å²) in [5.41, 5.74) is 1.50. The van der Waals surface area contributed by atoms with E-state index >= 15 is 0 Å². The Labute approximate surface area is 182 Å². The van der Waals surface area contributed by atoms with E-state index in [1.807, 2.05) is 0 Å². The maximum absolute atomic E-state index is 13.2. The molecule has 0 bridgehead atoms. The average Bonchev–Trinajstić information content (AvgIpc) is 3.34. The van der Waals surface area contributed by atoms with E-state index in [-0.39, 0.29) is 42.8 Å². The van der Waals surface area contributed by atoms with Crippen LogP contribution < -0.4 is 15.5 Å². The molecule has 2 fully saturated rings. The van der Waals surface area contributed by atoms with Crippen LogP contribution in [0.15, 0.2) is 29.2 Å². The summed E-state index contributed by atoms with van der Waals surface area (Å²) >= 11 is 0. The van der Waals surface area contributed by atoms with Gasteiger partial charge in [0.2, 0.25) is 5.91 Å². The van der Waals surface area contributed by atoms with Crippen LogP contribution in [0, 0.1) is 5.92 Å². The number of hydroxylamine groups is 1. The molecule has 1 aromatic rings. The molecule has 1 aromatic carbocycles. The fourth-order valence-electron chi connectivity index (χ4n) is 4.17. The van der Waals surface area contributed by atoms with Gasteiger partial charge in [-0.05, 0) is 56.4 Å². The average molecular weight is 455 g/mol. The quantitative estimate of drug-likeness (QED) is 0.293. The molecule has 2 amide bonds. The van der Waals surface area contributed by atoms with Gasteiger partial charge in [0, 0.05) is 25.7 Å². The van der Waals surface area contributed by atoms with Crippen LogP contribution in [-0.4, -0.2) is 56.6 Å². The predicted octanol–water partition coefficient (Wildman–Crippen LogP) is 1.59. The van der Waals surface area contributed by atoms with Crippen LogP contribution in [0.5, 0.6) is 5.75 Å². The largest absolute Gasteiger partial charge is 0.494 e. The fourth-order valence-corrected chi connectivity index (χ4v) is 6.11. The van der Waals surface area contributed by atoms with Crippen molar-refractivity contribution < 1.29 is 32.7 Å². The van der Waals surface area contributed by atoms with Gasteiger partial charge < -0.3 is 14.8 Å². The maximum atomic E-state index is 13.2. The Kier molecular flexibility index (Phi) is 7.90. The minimum Gasteiger partial charge on any atom is -0.494 e. The van der Waals surface area contributed by atoms with E-state index in [0.29, 0.717) is 25.3 Å². The first-order chi connectivity index (χ1) is 14.9. The summed E-state index contributed by atoms with van der Waals surface area (Å²) in [6.45, 7) is 1.14. The molecule has 10 heteroatoms. The zero-order chi connectivity index (χ0) is 22.3. The van der Waals surface area contributed by atoms with E-state index in [1.165, 1.54) is 29.7 Å². The molecule has 0 unspecified atom stereocenters. The number of ether oxygens (including phenoxy) is 2. The molecule has 3 N–H and O–H groups in total. The first-order valence-electron chi connectivity index (χ1n) is 10.7. The Morgan fingerprint density at radius 1 is 1.13 bits per heavy atom. The minimum absolute atomic E-state index is 0.0193. The molecule has 1 aliphatic carbocycles. The van der Waals surface area contributed by atoms with E-state index in [4.69, 9.17) is 14.7 Å². The van der Waals surface area contributed by atoms with Crippen molar-refractivity contribution in [2.45, 2.75) is 54.6 Å². The Hall–Kier alpha value is -2.17. The van der Waals surface area contributed by atoms with Crippen molar-refractivity contribution in [1.82, 2.24) is 10.8 Å². The molecule has 0 spiro atoms. The molecule has 0 radical (unpaired) electrons. The van der Waals surface area contributed by atoms with Gasteiger partial charge in [0.1, 0.15) is 5.75 Å². The summed E-state index contributed by atoms with van der Waals surface area (Å²) < 4.78 is 35.4. The van der Waals surface area contributed by atoms with Crippen molar-refractivity contribution >= 4 is 21.7 Å². The van der Waals surface area contributed by atoms with Crippen molar-refractivity contribution in [3.8, 4) is 5.75 Å². The lowest BCUT2D eigenvalue weighted by atomic mass is 9.98. The summed E-state index contributed by atoms with van der Waals surface area (Å²) in [4.78, 5) is 24.2. The van der Waals surface area contributed by atoms with E-state index in [0.717, 1.165) is 25.7 Å². The smallest absolute Gasteiger partial charge is 0.265 e. The maximum Gasteiger partial charge on any atom is 0.265 e. The van der Waals surface area contributed by atoms with E-state index in [2.05, 4.69) is 5.32 Å². The molecule has 2 aliphatic rings. The van der Waals surface area contributed by atoms with Crippen molar-refractivity contribution in [3.05, 3.63) is 24.3 Å². The first-order valence-corrected chi connectivity index (χ1v) is 12.2. The Bertz CT molecular complexity index is 858. The lowest BCUT2D eigenvalue weighted by molar-refractivity contribution is -0.134. The van der Waals surface area contributed by atoms with Gasteiger partial charge in [-0.25, -0.2) is 13.9 Å². The Morgan fingerprint density at radius 2 is 1.77 bits per heavy atom. The van der Waals surface area contributed by atoms with Gasteiger partial charge in [-0.15, -0.1) is 0 Å². The third-order valence-corrected chi connectivity index (χ3v) is 8.59.